The number of benzene rings is 1. The third kappa shape index (κ3) is 2.98. The van der Waals surface area contributed by atoms with Crippen molar-refractivity contribution in [1.82, 2.24) is 0 Å². The van der Waals surface area contributed by atoms with Gasteiger partial charge in [-0.1, -0.05) is 12.1 Å². The Morgan fingerprint density at radius 1 is 1.10 bits per heavy atom. The average Bonchev–Trinajstić information content (AvgIpc) is 3.03. The number of hydrogen-bond donors (Lipinski definition) is 1. The summed E-state index contributed by atoms with van der Waals surface area (Å²) in [7, 11) is 0. The number of thiophene rings is 1. The lowest BCUT2D eigenvalue weighted by Gasteiger charge is -2.31. The van der Waals surface area contributed by atoms with Crippen LogP contribution in [0.4, 0.5) is 11.4 Å². The molecule has 1 atom stereocenters. The van der Waals surface area contributed by atoms with E-state index in [4.69, 9.17) is 0 Å². The fourth-order valence-electron chi connectivity index (χ4n) is 2.84. The van der Waals surface area contributed by atoms with E-state index < -0.39 is 0 Å². The van der Waals surface area contributed by atoms with Gasteiger partial charge in [0.1, 0.15) is 0 Å². The van der Waals surface area contributed by atoms with E-state index in [2.05, 4.69) is 58.2 Å². The number of piperidine rings is 1. The lowest BCUT2D eigenvalue weighted by molar-refractivity contribution is 0.578. The Labute approximate surface area is 125 Å². The van der Waals surface area contributed by atoms with Crippen LogP contribution in [0.2, 0.25) is 0 Å². The van der Waals surface area contributed by atoms with Crippen LogP contribution in [0.25, 0.3) is 0 Å². The van der Waals surface area contributed by atoms with Crippen molar-refractivity contribution in [3.63, 3.8) is 0 Å². The fourth-order valence-corrected chi connectivity index (χ4v) is 3.60. The third-order valence-electron chi connectivity index (χ3n) is 4.02. The van der Waals surface area contributed by atoms with Crippen LogP contribution in [0, 0.1) is 0 Å². The molecular formula is C17H22N2S. The summed E-state index contributed by atoms with van der Waals surface area (Å²) in [6, 6.07) is 11.3. The molecular weight excluding hydrogens is 264 g/mol. The number of para-hydroxylation sites is 2. The summed E-state index contributed by atoms with van der Waals surface area (Å²) in [4.78, 5) is 2.52. The minimum atomic E-state index is 0.354. The lowest BCUT2D eigenvalue weighted by atomic mass is 10.1. The predicted molar refractivity (Wildman–Crippen MR) is 88.9 cm³/mol. The van der Waals surface area contributed by atoms with Crippen molar-refractivity contribution in [3.8, 4) is 0 Å². The molecule has 1 unspecified atom stereocenters. The number of nitrogens with zero attached hydrogens (tertiary/aromatic N) is 1. The zero-order valence-electron chi connectivity index (χ0n) is 12.0. The van der Waals surface area contributed by atoms with Gasteiger partial charge in [-0.15, -0.1) is 0 Å². The van der Waals surface area contributed by atoms with Gasteiger partial charge < -0.3 is 10.2 Å². The van der Waals surface area contributed by atoms with Gasteiger partial charge in [0.25, 0.3) is 0 Å². The Kier molecular flexibility index (Phi) is 4.26. The van der Waals surface area contributed by atoms with Gasteiger partial charge in [0, 0.05) is 19.1 Å². The number of rotatable bonds is 4. The first-order valence-corrected chi connectivity index (χ1v) is 8.41. The maximum Gasteiger partial charge on any atom is 0.0602 e. The second kappa shape index (κ2) is 6.31. The van der Waals surface area contributed by atoms with E-state index >= 15 is 0 Å². The monoisotopic (exact) mass is 286 g/mol. The van der Waals surface area contributed by atoms with E-state index in [1.54, 1.807) is 11.3 Å². The molecule has 20 heavy (non-hydrogen) atoms. The first-order valence-electron chi connectivity index (χ1n) is 7.47. The van der Waals surface area contributed by atoms with E-state index in [0.29, 0.717) is 6.04 Å². The Balaban J connectivity index is 1.78. The molecule has 2 heterocycles. The Hall–Kier alpha value is -1.48. The molecule has 1 saturated heterocycles. The summed E-state index contributed by atoms with van der Waals surface area (Å²) in [5.41, 5.74) is 3.98. The smallest absolute Gasteiger partial charge is 0.0602 e. The molecule has 0 bridgehead atoms. The van der Waals surface area contributed by atoms with Crippen molar-refractivity contribution >= 4 is 22.7 Å². The average molecular weight is 286 g/mol. The zero-order valence-corrected chi connectivity index (χ0v) is 12.8. The van der Waals surface area contributed by atoms with E-state index in [1.807, 2.05) is 0 Å². The van der Waals surface area contributed by atoms with Gasteiger partial charge in [0.2, 0.25) is 0 Å². The summed E-state index contributed by atoms with van der Waals surface area (Å²) in [5, 5.41) is 8.04. The molecule has 1 aliphatic heterocycles. The molecule has 1 fully saturated rings. The summed E-state index contributed by atoms with van der Waals surface area (Å²) in [5.74, 6) is 0. The number of nitrogens with one attached hydrogen (secondary N) is 1. The minimum absolute atomic E-state index is 0.354. The largest absolute Gasteiger partial charge is 0.377 e. The Morgan fingerprint density at radius 2 is 1.90 bits per heavy atom. The first-order chi connectivity index (χ1) is 9.84. The van der Waals surface area contributed by atoms with Gasteiger partial charge in [-0.25, -0.2) is 0 Å². The number of hydrogen-bond acceptors (Lipinski definition) is 3. The van der Waals surface area contributed by atoms with Crippen LogP contribution in [0.1, 0.15) is 37.8 Å². The summed E-state index contributed by atoms with van der Waals surface area (Å²) in [6.07, 6.45) is 4.00. The highest BCUT2D eigenvalue weighted by atomic mass is 32.1. The van der Waals surface area contributed by atoms with Gasteiger partial charge in [0.15, 0.2) is 0 Å². The van der Waals surface area contributed by atoms with Crippen molar-refractivity contribution in [2.75, 3.05) is 23.3 Å². The van der Waals surface area contributed by atoms with E-state index in [0.717, 1.165) is 0 Å². The Bertz CT molecular complexity index is 530. The highest BCUT2D eigenvalue weighted by Crippen LogP contribution is 2.31. The molecule has 0 aliphatic carbocycles. The van der Waals surface area contributed by atoms with Gasteiger partial charge in [-0.2, -0.15) is 11.3 Å². The van der Waals surface area contributed by atoms with Crippen LogP contribution < -0.4 is 10.2 Å². The van der Waals surface area contributed by atoms with Gasteiger partial charge in [-0.3, -0.25) is 0 Å². The normalized spacial score (nSPS) is 16.9. The fraction of sp³-hybridized carbons (Fsp3) is 0.412. The molecule has 3 rings (SSSR count). The van der Waals surface area contributed by atoms with Crippen molar-refractivity contribution < 1.29 is 0 Å². The predicted octanol–water partition coefficient (Wildman–Crippen LogP) is 4.91. The third-order valence-corrected chi connectivity index (χ3v) is 4.72. The molecule has 0 spiro atoms. The topological polar surface area (TPSA) is 15.3 Å². The molecule has 106 valence electrons. The van der Waals surface area contributed by atoms with Crippen molar-refractivity contribution in [1.29, 1.82) is 0 Å². The summed E-state index contributed by atoms with van der Waals surface area (Å²) in [6.45, 7) is 4.60. The van der Waals surface area contributed by atoms with Crippen LogP contribution in [-0.4, -0.2) is 13.1 Å². The molecule has 0 saturated carbocycles. The summed E-state index contributed by atoms with van der Waals surface area (Å²) >= 11 is 1.76. The van der Waals surface area contributed by atoms with Crippen molar-refractivity contribution in [3.05, 3.63) is 46.7 Å². The molecule has 2 aromatic rings. The van der Waals surface area contributed by atoms with Gasteiger partial charge in [0.05, 0.1) is 11.4 Å². The van der Waals surface area contributed by atoms with Crippen LogP contribution in [0.5, 0.6) is 0 Å². The highest BCUT2D eigenvalue weighted by Gasteiger charge is 2.15. The van der Waals surface area contributed by atoms with Gasteiger partial charge in [-0.05, 0) is 60.7 Å². The van der Waals surface area contributed by atoms with Crippen molar-refractivity contribution in [2.45, 2.75) is 32.2 Å². The van der Waals surface area contributed by atoms with Gasteiger partial charge >= 0.3 is 0 Å². The SMILES string of the molecule is CC(Nc1ccccc1N1CCCCC1)c1ccsc1. The zero-order chi connectivity index (χ0) is 13.8. The molecule has 1 aromatic carbocycles. The van der Waals surface area contributed by atoms with Crippen LogP contribution >= 0.6 is 11.3 Å². The Morgan fingerprint density at radius 3 is 2.65 bits per heavy atom. The molecule has 1 N–H and O–H groups in total. The molecule has 1 aromatic heterocycles. The summed E-state index contributed by atoms with van der Waals surface area (Å²) < 4.78 is 0. The van der Waals surface area contributed by atoms with Crippen molar-refractivity contribution in [2.24, 2.45) is 0 Å². The van der Waals surface area contributed by atoms with E-state index in [9.17, 15) is 0 Å². The lowest BCUT2D eigenvalue weighted by Crippen LogP contribution is -2.30. The highest BCUT2D eigenvalue weighted by molar-refractivity contribution is 7.07. The maximum atomic E-state index is 3.68. The molecule has 1 aliphatic rings. The molecule has 3 heteroatoms. The second-order valence-electron chi connectivity index (χ2n) is 5.49. The van der Waals surface area contributed by atoms with Crippen LogP contribution in [0.3, 0.4) is 0 Å². The van der Waals surface area contributed by atoms with E-state index in [1.165, 1.54) is 49.3 Å². The second-order valence-corrected chi connectivity index (χ2v) is 6.27. The molecule has 0 amide bonds. The standard InChI is InChI=1S/C17H22N2S/c1-14(15-9-12-20-13-15)18-16-7-3-4-8-17(16)19-10-5-2-6-11-19/h3-4,7-9,12-14,18H,2,5-6,10-11H2,1H3. The quantitative estimate of drug-likeness (QED) is 0.859. The molecule has 2 nitrogen and oxygen atoms in total. The van der Waals surface area contributed by atoms with Crippen LogP contribution in [-0.2, 0) is 0 Å². The molecule has 0 radical (unpaired) electrons. The van der Waals surface area contributed by atoms with Crippen LogP contribution in [0.15, 0.2) is 41.1 Å². The maximum absolute atomic E-state index is 3.68. The minimum Gasteiger partial charge on any atom is -0.377 e. The van der Waals surface area contributed by atoms with E-state index in [-0.39, 0.29) is 0 Å². The first kappa shape index (κ1) is 13.5. The number of anilines is 2.